The maximum absolute atomic E-state index is 12.6. The minimum Gasteiger partial charge on any atom is -0.454 e. The summed E-state index contributed by atoms with van der Waals surface area (Å²) >= 11 is 0. The van der Waals surface area contributed by atoms with Crippen molar-refractivity contribution in [2.45, 2.75) is 26.8 Å². The van der Waals surface area contributed by atoms with Crippen LogP contribution in [0.2, 0.25) is 0 Å². The number of hydrogen-bond acceptors (Lipinski definition) is 6. The predicted molar refractivity (Wildman–Crippen MR) is 92.8 cm³/mol. The van der Waals surface area contributed by atoms with Gasteiger partial charge in [0.25, 0.3) is 0 Å². The Morgan fingerprint density at radius 1 is 1.07 bits per heavy atom. The summed E-state index contributed by atoms with van der Waals surface area (Å²) in [4.78, 5) is 51.9. The zero-order valence-electron chi connectivity index (χ0n) is 15.3. The summed E-state index contributed by atoms with van der Waals surface area (Å²) in [5.41, 5.74) is 0.831. The highest BCUT2D eigenvalue weighted by atomic mass is 16.7. The summed E-state index contributed by atoms with van der Waals surface area (Å²) in [5.74, 6) is -0.991. The van der Waals surface area contributed by atoms with Crippen LogP contribution in [0.3, 0.4) is 0 Å². The van der Waals surface area contributed by atoms with Crippen molar-refractivity contribution in [3.05, 3.63) is 23.8 Å². The van der Waals surface area contributed by atoms with Crippen molar-refractivity contribution >= 4 is 23.8 Å². The first-order chi connectivity index (χ1) is 13.0. The number of carbonyl (C=O) groups excluding carboxylic acids is 4. The molecule has 0 saturated carbocycles. The van der Waals surface area contributed by atoms with Crippen LogP contribution in [0.15, 0.2) is 18.2 Å². The Balaban J connectivity index is 1.67. The van der Waals surface area contributed by atoms with E-state index in [-0.39, 0.29) is 19.9 Å². The molecule has 0 aromatic heterocycles. The van der Waals surface area contributed by atoms with Crippen molar-refractivity contribution < 1.29 is 28.7 Å². The van der Waals surface area contributed by atoms with Crippen LogP contribution < -0.4 is 9.47 Å². The van der Waals surface area contributed by atoms with E-state index >= 15 is 0 Å². The van der Waals surface area contributed by atoms with E-state index in [0.717, 1.165) is 10.5 Å². The third-order valence-electron chi connectivity index (χ3n) is 4.42. The molecule has 5 amide bonds. The molecule has 1 saturated heterocycles. The molecule has 0 spiro atoms. The quantitative estimate of drug-likeness (QED) is 0.520. The van der Waals surface area contributed by atoms with Gasteiger partial charge in [-0.25, -0.2) is 9.69 Å². The van der Waals surface area contributed by atoms with Crippen molar-refractivity contribution in [2.24, 2.45) is 0 Å². The molecule has 0 unspecified atom stereocenters. The Morgan fingerprint density at radius 3 is 2.48 bits per heavy atom. The number of benzene rings is 1. The molecule has 3 rings (SSSR count). The SMILES string of the molecule is CCCN1C(=O)C(=O)N(CC(=O)N(CC)Cc2ccc3c(c2)OCO3)C1=O. The molecule has 2 aliphatic heterocycles. The zero-order valence-corrected chi connectivity index (χ0v) is 15.3. The molecule has 2 heterocycles. The van der Waals surface area contributed by atoms with Crippen LogP contribution >= 0.6 is 0 Å². The molecule has 1 aromatic carbocycles. The number of urea groups is 1. The van der Waals surface area contributed by atoms with Gasteiger partial charge in [-0.05, 0) is 31.0 Å². The lowest BCUT2D eigenvalue weighted by Crippen LogP contribution is -2.43. The molecule has 0 N–H and O–H groups in total. The van der Waals surface area contributed by atoms with Gasteiger partial charge in [-0.1, -0.05) is 13.0 Å². The summed E-state index contributed by atoms with van der Waals surface area (Å²) < 4.78 is 10.6. The Hall–Kier alpha value is -3.10. The maximum Gasteiger partial charge on any atom is 0.334 e. The van der Waals surface area contributed by atoms with Crippen LogP contribution in [0, 0.1) is 0 Å². The van der Waals surface area contributed by atoms with Crippen LogP contribution in [-0.4, -0.2) is 64.9 Å². The fourth-order valence-corrected chi connectivity index (χ4v) is 2.98. The van der Waals surface area contributed by atoms with Gasteiger partial charge in [0.05, 0.1) is 0 Å². The number of ether oxygens (including phenoxy) is 2. The Morgan fingerprint density at radius 2 is 1.78 bits per heavy atom. The van der Waals surface area contributed by atoms with Crippen molar-refractivity contribution in [3.63, 3.8) is 0 Å². The van der Waals surface area contributed by atoms with Gasteiger partial charge in [-0.3, -0.25) is 19.3 Å². The molecule has 144 valence electrons. The summed E-state index contributed by atoms with van der Waals surface area (Å²) in [7, 11) is 0. The van der Waals surface area contributed by atoms with Gasteiger partial charge in [0.1, 0.15) is 6.54 Å². The van der Waals surface area contributed by atoms with Crippen LogP contribution in [0.25, 0.3) is 0 Å². The number of fused-ring (bicyclic) bond motifs is 1. The number of imide groups is 2. The molecule has 2 aliphatic rings. The van der Waals surface area contributed by atoms with Gasteiger partial charge in [0.2, 0.25) is 12.7 Å². The van der Waals surface area contributed by atoms with Gasteiger partial charge in [0.15, 0.2) is 11.5 Å². The van der Waals surface area contributed by atoms with E-state index in [4.69, 9.17) is 9.47 Å². The first-order valence-corrected chi connectivity index (χ1v) is 8.79. The molecule has 27 heavy (non-hydrogen) atoms. The van der Waals surface area contributed by atoms with E-state index in [0.29, 0.717) is 29.4 Å². The minimum absolute atomic E-state index is 0.156. The highest BCUT2D eigenvalue weighted by Crippen LogP contribution is 2.32. The molecule has 0 radical (unpaired) electrons. The standard InChI is InChI=1S/C18H21N3O6/c1-3-7-20-16(23)17(24)21(18(20)25)10-15(22)19(4-2)9-12-5-6-13-14(8-12)27-11-26-13/h5-6,8H,3-4,7,9-11H2,1-2H3. The largest absolute Gasteiger partial charge is 0.454 e. The monoisotopic (exact) mass is 375 g/mol. The molecule has 0 bridgehead atoms. The van der Waals surface area contributed by atoms with Gasteiger partial charge in [0, 0.05) is 19.6 Å². The van der Waals surface area contributed by atoms with E-state index < -0.39 is 30.3 Å². The maximum atomic E-state index is 12.6. The van der Waals surface area contributed by atoms with Crippen LogP contribution in [0.1, 0.15) is 25.8 Å². The zero-order chi connectivity index (χ0) is 19.6. The Bertz CT molecular complexity index is 793. The first kappa shape index (κ1) is 18.7. The van der Waals surface area contributed by atoms with Gasteiger partial charge < -0.3 is 14.4 Å². The second-order valence-electron chi connectivity index (χ2n) is 6.23. The normalized spacial score (nSPS) is 15.7. The topological polar surface area (TPSA) is 96.5 Å². The van der Waals surface area contributed by atoms with Crippen molar-refractivity contribution in [2.75, 3.05) is 26.4 Å². The molecular weight excluding hydrogens is 354 g/mol. The number of amides is 5. The average Bonchev–Trinajstić information content (AvgIpc) is 3.20. The lowest BCUT2D eigenvalue weighted by Gasteiger charge is -2.23. The molecule has 1 fully saturated rings. The van der Waals surface area contributed by atoms with Gasteiger partial charge >= 0.3 is 17.8 Å². The number of hydrogen-bond donors (Lipinski definition) is 0. The highest BCUT2D eigenvalue weighted by molar-refractivity contribution is 6.45. The average molecular weight is 375 g/mol. The Labute approximate surface area is 156 Å². The van der Waals surface area contributed by atoms with E-state index in [1.54, 1.807) is 26.0 Å². The minimum atomic E-state index is -0.957. The molecular formula is C18H21N3O6. The van der Waals surface area contributed by atoms with Crippen molar-refractivity contribution in [1.82, 2.24) is 14.7 Å². The summed E-state index contributed by atoms with van der Waals surface area (Å²) in [6.45, 7) is 4.13. The number of carbonyl (C=O) groups is 4. The van der Waals surface area contributed by atoms with Gasteiger partial charge in [-0.15, -0.1) is 0 Å². The lowest BCUT2D eigenvalue weighted by atomic mass is 10.2. The van der Waals surface area contributed by atoms with Crippen LogP contribution in [-0.2, 0) is 20.9 Å². The summed E-state index contributed by atoms with van der Waals surface area (Å²) in [6.07, 6.45) is 0.539. The fraction of sp³-hybridized carbons (Fsp3) is 0.444. The molecule has 9 nitrogen and oxygen atoms in total. The second kappa shape index (κ2) is 7.65. The van der Waals surface area contributed by atoms with E-state index in [1.807, 2.05) is 6.07 Å². The molecule has 0 atom stereocenters. The van der Waals surface area contributed by atoms with Gasteiger partial charge in [-0.2, -0.15) is 0 Å². The van der Waals surface area contributed by atoms with E-state index in [1.165, 1.54) is 4.90 Å². The van der Waals surface area contributed by atoms with Crippen LogP contribution in [0.4, 0.5) is 4.79 Å². The number of nitrogens with zero attached hydrogens (tertiary/aromatic N) is 3. The number of rotatable bonds is 7. The number of likely N-dealkylation sites (N-methyl/N-ethyl adjacent to an activating group) is 1. The summed E-state index contributed by atoms with van der Waals surface area (Å²) in [6, 6.07) is 4.64. The molecule has 9 heteroatoms. The van der Waals surface area contributed by atoms with Crippen LogP contribution in [0.5, 0.6) is 11.5 Å². The smallest absolute Gasteiger partial charge is 0.334 e. The second-order valence-corrected chi connectivity index (χ2v) is 6.23. The van der Waals surface area contributed by atoms with Crippen molar-refractivity contribution in [3.8, 4) is 11.5 Å². The highest BCUT2D eigenvalue weighted by Gasteiger charge is 2.45. The Kier molecular flexibility index (Phi) is 5.29. The predicted octanol–water partition coefficient (Wildman–Crippen LogP) is 0.965. The fourth-order valence-electron chi connectivity index (χ4n) is 2.98. The molecule has 0 aliphatic carbocycles. The summed E-state index contributed by atoms with van der Waals surface area (Å²) in [5, 5.41) is 0. The third-order valence-corrected chi connectivity index (χ3v) is 4.42. The first-order valence-electron chi connectivity index (χ1n) is 8.79. The van der Waals surface area contributed by atoms with E-state index in [2.05, 4.69) is 0 Å². The molecule has 1 aromatic rings. The van der Waals surface area contributed by atoms with Crippen molar-refractivity contribution in [1.29, 1.82) is 0 Å². The third kappa shape index (κ3) is 3.57. The lowest BCUT2D eigenvalue weighted by molar-refractivity contribution is -0.145. The van der Waals surface area contributed by atoms with E-state index in [9.17, 15) is 19.2 Å².